The van der Waals surface area contributed by atoms with Crippen molar-refractivity contribution in [2.45, 2.75) is 18.9 Å². The highest BCUT2D eigenvalue weighted by molar-refractivity contribution is 9.10. The van der Waals surface area contributed by atoms with E-state index in [1.807, 2.05) is 0 Å². The number of hydrogen-bond donors (Lipinski definition) is 2. The average molecular weight is 297 g/mol. The monoisotopic (exact) mass is 296 g/mol. The van der Waals surface area contributed by atoms with Crippen molar-refractivity contribution in [1.29, 1.82) is 0 Å². The number of benzene rings is 1. The first-order valence-corrected chi connectivity index (χ1v) is 6.12. The van der Waals surface area contributed by atoms with E-state index in [-0.39, 0.29) is 5.52 Å². The molecule has 0 fully saturated rings. The predicted molar refractivity (Wildman–Crippen MR) is 67.1 cm³/mol. The van der Waals surface area contributed by atoms with Gasteiger partial charge >= 0.3 is 0 Å². The number of anilines is 1. The fourth-order valence-electron chi connectivity index (χ4n) is 2.33. The highest BCUT2D eigenvalue weighted by atomic mass is 79.9. The van der Waals surface area contributed by atoms with Gasteiger partial charge in [-0.2, -0.15) is 0 Å². The van der Waals surface area contributed by atoms with Crippen LogP contribution >= 0.6 is 15.9 Å². The summed E-state index contributed by atoms with van der Waals surface area (Å²) in [5.74, 6) is -0.428. The van der Waals surface area contributed by atoms with Crippen molar-refractivity contribution in [3.05, 3.63) is 33.7 Å². The van der Waals surface area contributed by atoms with Crippen molar-refractivity contribution < 1.29 is 9.50 Å². The average Bonchev–Trinajstić information content (AvgIpc) is 2.63. The molecule has 3 N–H and O–H groups in total. The summed E-state index contributed by atoms with van der Waals surface area (Å²) in [6, 6.07) is 3.11. The molecule has 0 spiro atoms. The van der Waals surface area contributed by atoms with Crippen LogP contribution in [0.3, 0.4) is 0 Å². The van der Waals surface area contributed by atoms with Crippen molar-refractivity contribution in [3.63, 3.8) is 0 Å². The number of hydrogen-bond acceptors (Lipinski definition) is 3. The second-order valence-corrected chi connectivity index (χ2v) is 5.14. The number of rotatable bonds is 0. The quantitative estimate of drug-likeness (QED) is 0.786. The summed E-state index contributed by atoms with van der Waals surface area (Å²) in [4.78, 5) is 4.21. The molecule has 0 saturated carbocycles. The number of aliphatic hydroxyl groups is 1. The highest BCUT2D eigenvalue weighted by Crippen LogP contribution is 2.38. The Morgan fingerprint density at radius 2 is 2.24 bits per heavy atom. The second kappa shape index (κ2) is 3.65. The summed E-state index contributed by atoms with van der Waals surface area (Å²) in [6.07, 6.45) is 0.671. The zero-order valence-electron chi connectivity index (χ0n) is 8.87. The molecule has 5 heteroatoms. The zero-order valence-corrected chi connectivity index (χ0v) is 10.5. The number of aliphatic hydroxyl groups excluding tert-OH is 1. The van der Waals surface area contributed by atoms with Crippen molar-refractivity contribution in [2.24, 2.45) is 0 Å². The Morgan fingerprint density at radius 3 is 3.00 bits per heavy atom. The first-order chi connectivity index (χ1) is 8.08. The lowest BCUT2D eigenvalue weighted by Gasteiger charge is -2.10. The number of halogens is 2. The minimum Gasteiger partial charge on any atom is -0.398 e. The van der Waals surface area contributed by atoms with Gasteiger partial charge in [0.15, 0.2) is 5.82 Å². The predicted octanol–water partition coefficient (Wildman–Crippen LogP) is 2.70. The molecule has 1 aromatic heterocycles. The minimum absolute atomic E-state index is 0.227. The van der Waals surface area contributed by atoms with Gasteiger partial charge in [0.05, 0.1) is 11.8 Å². The molecule has 1 heterocycles. The van der Waals surface area contributed by atoms with Gasteiger partial charge in [0.1, 0.15) is 5.52 Å². The fourth-order valence-corrected chi connectivity index (χ4v) is 2.76. The third-order valence-electron chi connectivity index (χ3n) is 3.17. The Morgan fingerprint density at radius 1 is 1.47 bits per heavy atom. The van der Waals surface area contributed by atoms with Crippen LogP contribution < -0.4 is 5.73 Å². The van der Waals surface area contributed by atoms with Crippen LogP contribution in [0.2, 0.25) is 0 Å². The van der Waals surface area contributed by atoms with Gasteiger partial charge in [-0.25, -0.2) is 9.37 Å². The number of fused-ring (bicyclic) bond motifs is 2. The molecule has 0 bridgehead atoms. The van der Waals surface area contributed by atoms with E-state index in [1.54, 1.807) is 6.07 Å². The maximum atomic E-state index is 13.8. The van der Waals surface area contributed by atoms with Gasteiger partial charge < -0.3 is 10.8 Å². The Bertz CT molecular complexity index is 630. The Kier molecular flexibility index (Phi) is 2.34. The maximum absolute atomic E-state index is 13.8. The van der Waals surface area contributed by atoms with E-state index in [9.17, 15) is 9.50 Å². The Labute approximate surface area is 106 Å². The molecule has 0 radical (unpaired) electrons. The lowest BCUT2D eigenvalue weighted by molar-refractivity contribution is 0.176. The Hall–Kier alpha value is -1.20. The van der Waals surface area contributed by atoms with E-state index < -0.39 is 11.9 Å². The summed E-state index contributed by atoms with van der Waals surface area (Å²) < 4.78 is 14.4. The van der Waals surface area contributed by atoms with Crippen molar-refractivity contribution >= 4 is 32.5 Å². The van der Waals surface area contributed by atoms with E-state index in [4.69, 9.17) is 5.73 Å². The van der Waals surface area contributed by atoms with E-state index in [1.165, 1.54) is 6.07 Å². The molecule has 1 aromatic carbocycles. The van der Waals surface area contributed by atoms with Gasteiger partial charge in [0.25, 0.3) is 0 Å². The molecule has 3 nitrogen and oxygen atoms in total. The second-order valence-electron chi connectivity index (χ2n) is 4.23. The van der Waals surface area contributed by atoms with Crippen LogP contribution in [0.1, 0.15) is 23.8 Å². The maximum Gasteiger partial charge on any atom is 0.150 e. The largest absolute Gasteiger partial charge is 0.398 e. The van der Waals surface area contributed by atoms with Gasteiger partial charge in [0.2, 0.25) is 0 Å². The van der Waals surface area contributed by atoms with Gasteiger partial charge in [-0.15, -0.1) is 0 Å². The van der Waals surface area contributed by atoms with Gasteiger partial charge in [-0.3, -0.25) is 0 Å². The Balaban J connectivity index is 2.44. The van der Waals surface area contributed by atoms with E-state index in [0.29, 0.717) is 34.1 Å². The number of nitrogen functional groups attached to an aromatic ring is 1. The lowest BCUT2D eigenvalue weighted by atomic mass is 10.1. The van der Waals surface area contributed by atoms with E-state index >= 15 is 0 Å². The number of nitrogens with two attached hydrogens (primary N) is 1. The minimum atomic E-state index is -0.625. The molecular formula is C12H10BrFN2O. The van der Waals surface area contributed by atoms with Gasteiger partial charge in [-0.1, -0.05) is 15.9 Å². The summed E-state index contributed by atoms with van der Waals surface area (Å²) in [5, 5.41) is 10.4. The molecule has 1 unspecified atom stereocenters. The van der Waals surface area contributed by atoms with Crippen LogP contribution in [0.25, 0.3) is 10.9 Å². The molecular weight excluding hydrogens is 287 g/mol. The third kappa shape index (κ3) is 1.53. The summed E-state index contributed by atoms with van der Waals surface area (Å²) in [5.41, 5.74) is 8.16. The first kappa shape index (κ1) is 10.9. The van der Waals surface area contributed by atoms with Gasteiger partial charge in [0, 0.05) is 21.1 Å². The summed E-state index contributed by atoms with van der Waals surface area (Å²) in [6.45, 7) is 0. The number of nitrogens with zero attached hydrogens (tertiary/aromatic N) is 1. The molecule has 3 rings (SSSR count). The SMILES string of the molecule is Nc1c2c(nc3c(F)cc(Br)cc13)C(O)CC2. The molecule has 2 aromatic rings. The van der Waals surface area contributed by atoms with Crippen LogP contribution in [-0.4, -0.2) is 10.1 Å². The van der Waals surface area contributed by atoms with Crippen molar-refractivity contribution in [1.82, 2.24) is 4.98 Å². The molecule has 1 aliphatic rings. The van der Waals surface area contributed by atoms with Crippen molar-refractivity contribution in [3.8, 4) is 0 Å². The molecule has 0 saturated heterocycles. The van der Waals surface area contributed by atoms with E-state index in [2.05, 4.69) is 20.9 Å². The van der Waals surface area contributed by atoms with Crippen LogP contribution in [0.5, 0.6) is 0 Å². The van der Waals surface area contributed by atoms with Crippen molar-refractivity contribution in [2.75, 3.05) is 5.73 Å². The van der Waals surface area contributed by atoms with Crippen LogP contribution in [0.15, 0.2) is 16.6 Å². The topological polar surface area (TPSA) is 59.1 Å². The third-order valence-corrected chi connectivity index (χ3v) is 3.63. The van der Waals surface area contributed by atoms with Crippen LogP contribution in [-0.2, 0) is 6.42 Å². The zero-order chi connectivity index (χ0) is 12.2. The van der Waals surface area contributed by atoms with E-state index in [0.717, 1.165) is 5.56 Å². The fraction of sp³-hybridized carbons (Fsp3) is 0.250. The molecule has 1 aliphatic carbocycles. The molecule has 0 aliphatic heterocycles. The number of aromatic nitrogens is 1. The highest BCUT2D eigenvalue weighted by Gasteiger charge is 2.26. The molecule has 0 amide bonds. The number of pyridine rings is 1. The smallest absolute Gasteiger partial charge is 0.150 e. The summed E-state index contributed by atoms with van der Waals surface area (Å²) >= 11 is 3.24. The molecule has 1 atom stereocenters. The molecule has 17 heavy (non-hydrogen) atoms. The lowest BCUT2D eigenvalue weighted by Crippen LogP contribution is -2.02. The van der Waals surface area contributed by atoms with Gasteiger partial charge in [-0.05, 0) is 25.0 Å². The van der Waals surface area contributed by atoms with Crippen LogP contribution in [0.4, 0.5) is 10.1 Å². The summed E-state index contributed by atoms with van der Waals surface area (Å²) in [7, 11) is 0. The molecule has 88 valence electrons. The normalized spacial score (nSPS) is 18.6. The van der Waals surface area contributed by atoms with Crippen LogP contribution in [0, 0.1) is 5.82 Å². The first-order valence-electron chi connectivity index (χ1n) is 5.33. The standard InChI is InChI=1S/C12H10BrFN2O/c13-5-3-7-10(15)6-1-2-9(17)12(6)16-11(7)8(14)4-5/h3-4,9,17H,1-2H2,(H2,15,16).